The van der Waals surface area contributed by atoms with Gasteiger partial charge in [0.1, 0.15) is 12.4 Å². The van der Waals surface area contributed by atoms with E-state index in [2.05, 4.69) is 33.6 Å². The molecule has 1 saturated heterocycles. The number of ether oxygens (including phenoxy) is 1. The fourth-order valence-electron chi connectivity index (χ4n) is 3.86. The average molecular weight is 387 g/mol. The molecule has 3 rings (SSSR count). The molecular weight excluding hydrogens is 355 g/mol. The van der Waals surface area contributed by atoms with Crippen molar-refractivity contribution in [3.8, 4) is 0 Å². The van der Waals surface area contributed by atoms with Crippen molar-refractivity contribution in [3.63, 3.8) is 0 Å². The van der Waals surface area contributed by atoms with Gasteiger partial charge >= 0.3 is 0 Å². The first-order chi connectivity index (χ1) is 13.5. The lowest BCUT2D eigenvalue weighted by atomic mass is 10.0. The Labute approximate surface area is 167 Å². The highest BCUT2D eigenvalue weighted by Crippen LogP contribution is 2.21. The zero-order chi connectivity index (χ0) is 19.9. The lowest BCUT2D eigenvalue weighted by Crippen LogP contribution is -2.43. The van der Waals surface area contributed by atoms with Gasteiger partial charge in [-0.05, 0) is 36.6 Å². The minimum absolute atomic E-state index is 0.176. The van der Waals surface area contributed by atoms with E-state index in [1.807, 2.05) is 24.5 Å². The van der Waals surface area contributed by atoms with Crippen molar-refractivity contribution in [2.45, 2.75) is 46.0 Å². The molecule has 0 spiro atoms. The summed E-state index contributed by atoms with van der Waals surface area (Å²) in [6, 6.07) is 7.36. The molecular formula is C22H31FN4O. The molecule has 6 heteroatoms. The molecule has 0 amide bonds. The highest BCUT2D eigenvalue weighted by atomic mass is 19.1. The summed E-state index contributed by atoms with van der Waals surface area (Å²) < 4.78 is 18.3. The molecule has 0 aliphatic carbocycles. The Morgan fingerprint density at radius 2 is 1.79 bits per heavy atom. The molecule has 5 nitrogen and oxygen atoms in total. The van der Waals surface area contributed by atoms with Crippen LogP contribution in [0.3, 0.4) is 0 Å². The van der Waals surface area contributed by atoms with Crippen molar-refractivity contribution in [3.05, 3.63) is 59.4 Å². The Hall–Kier alpha value is -1.89. The van der Waals surface area contributed by atoms with Gasteiger partial charge in [-0.15, -0.1) is 0 Å². The SMILES string of the molecule is COCc1ncc(CN2CCCN(Cc3ccc(F)cc3)[C@H](C(C)C)C2)cn1. The van der Waals surface area contributed by atoms with Gasteiger partial charge in [0, 0.05) is 57.3 Å². The maximum atomic E-state index is 13.2. The molecule has 1 atom stereocenters. The topological polar surface area (TPSA) is 41.5 Å². The molecule has 1 aromatic heterocycles. The van der Waals surface area contributed by atoms with E-state index in [9.17, 15) is 4.39 Å². The van der Waals surface area contributed by atoms with Gasteiger partial charge in [-0.1, -0.05) is 26.0 Å². The van der Waals surface area contributed by atoms with E-state index in [1.165, 1.54) is 5.56 Å². The summed E-state index contributed by atoms with van der Waals surface area (Å²) in [6.07, 6.45) is 4.94. The Balaban J connectivity index is 1.65. The van der Waals surface area contributed by atoms with Gasteiger partial charge in [-0.3, -0.25) is 9.80 Å². The van der Waals surface area contributed by atoms with Crippen LogP contribution in [-0.2, 0) is 24.4 Å². The Bertz CT molecular complexity index is 720. The van der Waals surface area contributed by atoms with Crippen molar-refractivity contribution in [2.75, 3.05) is 26.7 Å². The second-order valence-corrected chi connectivity index (χ2v) is 7.94. The van der Waals surface area contributed by atoms with Gasteiger partial charge in [0.15, 0.2) is 5.82 Å². The smallest absolute Gasteiger partial charge is 0.153 e. The summed E-state index contributed by atoms with van der Waals surface area (Å²) in [7, 11) is 1.65. The second-order valence-electron chi connectivity index (χ2n) is 7.94. The van der Waals surface area contributed by atoms with E-state index in [4.69, 9.17) is 4.74 Å². The van der Waals surface area contributed by atoms with Crippen LogP contribution in [0.4, 0.5) is 4.39 Å². The summed E-state index contributed by atoms with van der Waals surface area (Å²) >= 11 is 0. The molecule has 0 bridgehead atoms. The molecule has 1 fully saturated rings. The highest BCUT2D eigenvalue weighted by Gasteiger charge is 2.27. The standard InChI is InChI=1S/C22H31FN4O/c1-17(2)21-15-26(13-19-11-24-22(16-28-3)25-12-19)9-4-10-27(21)14-18-5-7-20(23)8-6-18/h5-8,11-12,17,21H,4,9-10,13-16H2,1-3H3/t21-/m0/s1. The normalized spacial score (nSPS) is 19.1. The van der Waals surface area contributed by atoms with Gasteiger partial charge in [-0.2, -0.15) is 0 Å². The summed E-state index contributed by atoms with van der Waals surface area (Å²) in [5.41, 5.74) is 2.30. The summed E-state index contributed by atoms with van der Waals surface area (Å²) in [5.74, 6) is 1.08. The zero-order valence-corrected chi connectivity index (χ0v) is 17.1. The lowest BCUT2D eigenvalue weighted by Gasteiger charge is -2.34. The number of halogens is 1. The Kier molecular flexibility index (Phi) is 7.48. The van der Waals surface area contributed by atoms with Crippen LogP contribution in [0.25, 0.3) is 0 Å². The van der Waals surface area contributed by atoms with E-state index >= 15 is 0 Å². The van der Waals surface area contributed by atoms with Crippen molar-refractivity contribution in [2.24, 2.45) is 5.92 Å². The van der Waals surface area contributed by atoms with Crippen LogP contribution >= 0.6 is 0 Å². The third-order valence-electron chi connectivity index (χ3n) is 5.34. The predicted molar refractivity (Wildman–Crippen MR) is 108 cm³/mol. The molecule has 0 radical (unpaired) electrons. The molecule has 0 N–H and O–H groups in total. The number of hydrogen-bond acceptors (Lipinski definition) is 5. The molecule has 1 aliphatic rings. The maximum absolute atomic E-state index is 13.2. The molecule has 1 aromatic carbocycles. The number of hydrogen-bond donors (Lipinski definition) is 0. The quantitative estimate of drug-likeness (QED) is 0.729. The van der Waals surface area contributed by atoms with Crippen LogP contribution in [0, 0.1) is 11.7 Å². The molecule has 28 heavy (non-hydrogen) atoms. The van der Waals surface area contributed by atoms with Gasteiger partial charge < -0.3 is 4.74 Å². The Morgan fingerprint density at radius 1 is 1.07 bits per heavy atom. The predicted octanol–water partition coefficient (Wildman–Crippen LogP) is 3.49. The first kappa shape index (κ1) is 20.8. The Morgan fingerprint density at radius 3 is 2.43 bits per heavy atom. The van der Waals surface area contributed by atoms with E-state index in [0.717, 1.165) is 44.7 Å². The first-order valence-corrected chi connectivity index (χ1v) is 10.0. The van der Waals surface area contributed by atoms with Gasteiger partial charge in [0.05, 0.1) is 0 Å². The minimum Gasteiger partial charge on any atom is -0.377 e. The molecule has 0 unspecified atom stereocenters. The third kappa shape index (κ3) is 5.80. The lowest BCUT2D eigenvalue weighted by molar-refractivity contribution is 0.130. The fraction of sp³-hybridized carbons (Fsp3) is 0.545. The first-order valence-electron chi connectivity index (χ1n) is 10.0. The second kappa shape index (κ2) is 10.0. The van der Waals surface area contributed by atoms with E-state index in [1.54, 1.807) is 19.2 Å². The number of aromatic nitrogens is 2. The van der Waals surface area contributed by atoms with Crippen molar-refractivity contribution >= 4 is 0 Å². The van der Waals surface area contributed by atoms with Crippen LogP contribution in [0.1, 0.15) is 37.2 Å². The van der Waals surface area contributed by atoms with Crippen molar-refractivity contribution < 1.29 is 9.13 Å². The number of nitrogens with zero attached hydrogens (tertiary/aromatic N) is 4. The van der Waals surface area contributed by atoms with E-state index in [0.29, 0.717) is 24.4 Å². The number of benzene rings is 1. The molecule has 0 saturated carbocycles. The summed E-state index contributed by atoms with van der Waals surface area (Å²) in [4.78, 5) is 13.8. The van der Waals surface area contributed by atoms with Gasteiger partial charge in [-0.25, -0.2) is 14.4 Å². The van der Waals surface area contributed by atoms with Crippen LogP contribution in [0.2, 0.25) is 0 Å². The maximum Gasteiger partial charge on any atom is 0.153 e. The van der Waals surface area contributed by atoms with Crippen LogP contribution in [0.5, 0.6) is 0 Å². The van der Waals surface area contributed by atoms with Gasteiger partial charge in [0.2, 0.25) is 0 Å². The zero-order valence-electron chi connectivity index (χ0n) is 17.1. The molecule has 1 aliphatic heterocycles. The number of methoxy groups -OCH3 is 1. The van der Waals surface area contributed by atoms with Crippen LogP contribution in [0.15, 0.2) is 36.7 Å². The minimum atomic E-state index is -0.176. The van der Waals surface area contributed by atoms with E-state index in [-0.39, 0.29) is 5.82 Å². The highest BCUT2D eigenvalue weighted by molar-refractivity contribution is 5.16. The van der Waals surface area contributed by atoms with Crippen LogP contribution < -0.4 is 0 Å². The largest absolute Gasteiger partial charge is 0.377 e. The molecule has 152 valence electrons. The van der Waals surface area contributed by atoms with Crippen molar-refractivity contribution in [1.29, 1.82) is 0 Å². The van der Waals surface area contributed by atoms with Crippen molar-refractivity contribution in [1.82, 2.24) is 19.8 Å². The summed E-state index contributed by atoms with van der Waals surface area (Å²) in [5, 5.41) is 0. The average Bonchev–Trinajstić information content (AvgIpc) is 2.88. The van der Waals surface area contributed by atoms with E-state index < -0.39 is 0 Å². The summed E-state index contributed by atoms with van der Waals surface area (Å²) in [6.45, 7) is 9.87. The molecule has 2 heterocycles. The van der Waals surface area contributed by atoms with Gasteiger partial charge in [0.25, 0.3) is 0 Å². The number of rotatable bonds is 7. The molecule has 2 aromatic rings. The third-order valence-corrected chi connectivity index (χ3v) is 5.34. The van der Waals surface area contributed by atoms with Crippen LogP contribution in [-0.4, -0.2) is 52.6 Å². The monoisotopic (exact) mass is 386 g/mol. The fourth-order valence-corrected chi connectivity index (χ4v) is 3.86.